The normalized spacial score (nSPS) is 11.0. The van der Waals surface area contributed by atoms with Crippen LogP contribution in [0.3, 0.4) is 0 Å². The number of aromatic nitrogens is 1. The van der Waals surface area contributed by atoms with E-state index < -0.39 is 0 Å². The van der Waals surface area contributed by atoms with E-state index in [1.54, 1.807) is 22.7 Å². The molecule has 0 aliphatic rings. The molecule has 0 spiro atoms. The standard InChI is InChI=1S/C19H16N2O2S2/c22-19(11-17-16-7-1-2-8-18(16)23-20-17)21(12-14-5-3-9-24-14)13-15-6-4-10-25-15/h1-10H,11-13H2. The zero-order chi connectivity index (χ0) is 17.1. The van der Waals surface area contributed by atoms with E-state index in [2.05, 4.69) is 17.3 Å². The Morgan fingerprint density at radius 2 is 1.64 bits per heavy atom. The molecule has 4 nitrogen and oxygen atoms in total. The summed E-state index contributed by atoms with van der Waals surface area (Å²) in [7, 11) is 0. The minimum absolute atomic E-state index is 0.0563. The minimum atomic E-state index is 0.0563. The third-order valence-electron chi connectivity index (χ3n) is 3.98. The number of hydrogen-bond acceptors (Lipinski definition) is 5. The van der Waals surface area contributed by atoms with E-state index in [0.717, 1.165) is 5.39 Å². The lowest BCUT2D eigenvalue weighted by atomic mass is 10.1. The van der Waals surface area contributed by atoms with E-state index in [9.17, 15) is 4.79 Å². The summed E-state index contributed by atoms with van der Waals surface area (Å²) in [4.78, 5) is 17.2. The highest BCUT2D eigenvalue weighted by molar-refractivity contribution is 7.10. The maximum atomic E-state index is 13.0. The second-order valence-electron chi connectivity index (χ2n) is 5.71. The molecule has 1 amide bonds. The number of thiophene rings is 2. The number of fused-ring (bicyclic) bond motifs is 1. The summed E-state index contributed by atoms with van der Waals surface area (Å²) in [5.74, 6) is 0.0563. The Labute approximate surface area is 153 Å². The smallest absolute Gasteiger partial charge is 0.229 e. The van der Waals surface area contributed by atoms with Gasteiger partial charge in [-0.2, -0.15) is 0 Å². The van der Waals surface area contributed by atoms with Crippen molar-refractivity contribution in [1.82, 2.24) is 10.1 Å². The monoisotopic (exact) mass is 368 g/mol. The van der Waals surface area contributed by atoms with Crippen molar-refractivity contribution in [2.75, 3.05) is 0 Å². The van der Waals surface area contributed by atoms with Gasteiger partial charge in [-0.05, 0) is 35.0 Å². The van der Waals surface area contributed by atoms with Crippen molar-refractivity contribution in [1.29, 1.82) is 0 Å². The predicted molar refractivity (Wildman–Crippen MR) is 101 cm³/mol. The Morgan fingerprint density at radius 1 is 0.960 bits per heavy atom. The van der Waals surface area contributed by atoms with Gasteiger partial charge in [0.05, 0.1) is 19.5 Å². The largest absolute Gasteiger partial charge is 0.356 e. The SMILES string of the molecule is O=C(Cc1noc2ccccc12)N(Cc1cccs1)Cc1cccs1. The lowest BCUT2D eigenvalue weighted by Gasteiger charge is -2.21. The van der Waals surface area contributed by atoms with Crippen molar-refractivity contribution in [2.45, 2.75) is 19.5 Å². The summed E-state index contributed by atoms with van der Waals surface area (Å²) in [6, 6.07) is 15.8. The molecule has 0 radical (unpaired) electrons. The molecule has 0 atom stereocenters. The van der Waals surface area contributed by atoms with Crippen molar-refractivity contribution in [3.63, 3.8) is 0 Å². The molecule has 25 heavy (non-hydrogen) atoms. The molecule has 3 aromatic heterocycles. The highest BCUT2D eigenvalue weighted by Crippen LogP contribution is 2.21. The second-order valence-corrected chi connectivity index (χ2v) is 7.78. The van der Waals surface area contributed by atoms with Crippen molar-refractivity contribution < 1.29 is 9.32 Å². The van der Waals surface area contributed by atoms with Crippen LogP contribution in [0.2, 0.25) is 0 Å². The van der Waals surface area contributed by atoms with Gasteiger partial charge in [0.25, 0.3) is 0 Å². The Morgan fingerprint density at radius 3 is 2.28 bits per heavy atom. The Kier molecular flexibility index (Phi) is 4.63. The third kappa shape index (κ3) is 3.65. The topological polar surface area (TPSA) is 46.3 Å². The van der Waals surface area contributed by atoms with E-state index in [-0.39, 0.29) is 12.3 Å². The van der Waals surface area contributed by atoms with E-state index in [4.69, 9.17) is 4.52 Å². The van der Waals surface area contributed by atoms with Crippen molar-refractivity contribution >= 4 is 39.5 Å². The molecule has 0 aliphatic heterocycles. The molecule has 0 fully saturated rings. The van der Waals surface area contributed by atoms with Crippen LogP contribution in [0.15, 0.2) is 63.8 Å². The average Bonchev–Trinajstić information content (AvgIpc) is 3.37. The van der Waals surface area contributed by atoms with Crippen LogP contribution in [-0.4, -0.2) is 16.0 Å². The van der Waals surface area contributed by atoms with Crippen LogP contribution in [-0.2, 0) is 24.3 Å². The molecule has 0 unspecified atom stereocenters. The first kappa shape index (κ1) is 16.1. The van der Waals surface area contributed by atoms with Gasteiger partial charge in [0.15, 0.2) is 5.58 Å². The molecule has 6 heteroatoms. The van der Waals surface area contributed by atoms with Gasteiger partial charge in [-0.1, -0.05) is 29.4 Å². The fourth-order valence-electron chi connectivity index (χ4n) is 2.73. The van der Waals surface area contributed by atoms with E-state index >= 15 is 0 Å². The summed E-state index contributed by atoms with van der Waals surface area (Å²) >= 11 is 3.33. The van der Waals surface area contributed by atoms with Gasteiger partial charge < -0.3 is 9.42 Å². The fourth-order valence-corrected chi connectivity index (χ4v) is 4.17. The Bertz CT molecular complexity index is 922. The van der Waals surface area contributed by atoms with E-state index in [1.807, 2.05) is 52.1 Å². The zero-order valence-electron chi connectivity index (χ0n) is 13.4. The molecule has 126 valence electrons. The summed E-state index contributed by atoms with van der Waals surface area (Å²) in [5, 5.41) is 9.07. The van der Waals surface area contributed by atoms with Gasteiger partial charge in [0, 0.05) is 15.1 Å². The van der Waals surface area contributed by atoms with Crippen LogP contribution < -0.4 is 0 Å². The summed E-state index contributed by atoms with van der Waals surface area (Å²) in [6.07, 6.45) is 0.244. The number of nitrogens with zero attached hydrogens (tertiary/aromatic N) is 2. The van der Waals surface area contributed by atoms with Crippen LogP contribution in [0.4, 0.5) is 0 Å². The third-order valence-corrected chi connectivity index (χ3v) is 5.70. The highest BCUT2D eigenvalue weighted by atomic mass is 32.1. The molecule has 1 aromatic carbocycles. The zero-order valence-corrected chi connectivity index (χ0v) is 15.1. The molecule has 4 rings (SSSR count). The first-order valence-corrected chi connectivity index (χ1v) is 9.71. The van der Waals surface area contributed by atoms with Crippen LogP contribution in [0.1, 0.15) is 15.4 Å². The Hall–Kier alpha value is -2.44. The van der Waals surface area contributed by atoms with Gasteiger partial charge >= 0.3 is 0 Å². The predicted octanol–water partition coefficient (Wildman–Crippen LogP) is 4.72. The maximum Gasteiger partial charge on any atom is 0.229 e. The second kappa shape index (κ2) is 7.21. The molecule has 0 N–H and O–H groups in total. The molecule has 0 saturated carbocycles. The quantitative estimate of drug-likeness (QED) is 0.495. The molecular weight excluding hydrogens is 352 g/mol. The summed E-state index contributed by atoms with van der Waals surface area (Å²) < 4.78 is 5.32. The van der Waals surface area contributed by atoms with Crippen LogP contribution >= 0.6 is 22.7 Å². The number of amides is 1. The summed E-state index contributed by atoms with van der Waals surface area (Å²) in [5.41, 5.74) is 1.41. The van der Waals surface area contributed by atoms with Crippen LogP contribution in [0.5, 0.6) is 0 Å². The molecular formula is C19H16N2O2S2. The van der Waals surface area contributed by atoms with E-state index in [0.29, 0.717) is 24.4 Å². The lowest BCUT2D eigenvalue weighted by molar-refractivity contribution is -0.131. The first-order valence-electron chi connectivity index (χ1n) is 7.95. The highest BCUT2D eigenvalue weighted by Gasteiger charge is 2.19. The number of benzene rings is 1. The lowest BCUT2D eigenvalue weighted by Crippen LogP contribution is -2.31. The number of rotatable bonds is 6. The average molecular weight is 368 g/mol. The molecule has 4 aromatic rings. The van der Waals surface area contributed by atoms with Gasteiger partial charge in [-0.3, -0.25) is 4.79 Å². The van der Waals surface area contributed by atoms with Crippen molar-refractivity contribution in [3.05, 3.63) is 74.7 Å². The molecule has 0 aliphatic carbocycles. The molecule has 0 bridgehead atoms. The number of carbonyl (C=O) groups excluding carboxylic acids is 1. The number of para-hydroxylation sites is 1. The van der Waals surface area contributed by atoms with Crippen LogP contribution in [0.25, 0.3) is 11.0 Å². The number of hydrogen-bond donors (Lipinski definition) is 0. The Balaban J connectivity index is 1.56. The maximum absolute atomic E-state index is 13.0. The first-order chi connectivity index (χ1) is 12.3. The van der Waals surface area contributed by atoms with Crippen LogP contribution in [0, 0.1) is 0 Å². The van der Waals surface area contributed by atoms with Gasteiger partial charge in [0.1, 0.15) is 5.69 Å². The van der Waals surface area contributed by atoms with Crippen molar-refractivity contribution in [3.8, 4) is 0 Å². The van der Waals surface area contributed by atoms with Gasteiger partial charge in [-0.25, -0.2) is 0 Å². The minimum Gasteiger partial charge on any atom is -0.356 e. The number of carbonyl (C=O) groups is 1. The van der Waals surface area contributed by atoms with Gasteiger partial charge in [-0.15, -0.1) is 22.7 Å². The van der Waals surface area contributed by atoms with E-state index in [1.165, 1.54) is 9.75 Å². The molecule has 3 heterocycles. The summed E-state index contributed by atoms with van der Waals surface area (Å²) in [6.45, 7) is 1.23. The molecule has 0 saturated heterocycles. The fraction of sp³-hybridized carbons (Fsp3) is 0.158. The van der Waals surface area contributed by atoms with Crippen molar-refractivity contribution in [2.24, 2.45) is 0 Å². The van der Waals surface area contributed by atoms with Gasteiger partial charge in [0.2, 0.25) is 5.91 Å².